The summed E-state index contributed by atoms with van der Waals surface area (Å²) < 4.78 is 13.4. The van der Waals surface area contributed by atoms with E-state index < -0.39 is 0 Å². The van der Waals surface area contributed by atoms with E-state index in [4.69, 9.17) is 0 Å². The van der Waals surface area contributed by atoms with Crippen LogP contribution in [0, 0.1) is 5.82 Å². The molecule has 0 aliphatic carbocycles. The molecule has 0 saturated carbocycles. The van der Waals surface area contributed by atoms with Crippen LogP contribution in [0.25, 0.3) is 28.0 Å². The quantitative estimate of drug-likeness (QED) is 0.725. The van der Waals surface area contributed by atoms with Crippen molar-refractivity contribution in [3.05, 3.63) is 72.4 Å². The van der Waals surface area contributed by atoms with Crippen molar-refractivity contribution in [1.29, 1.82) is 0 Å². The zero-order valence-electron chi connectivity index (χ0n) is 15.5. The van der Waals surface area contributed by atoms with Crippen molar-refractivity contribution in [3.8, 4) is 22.4 Å². The number of pyridine rings is 1. The Bertz CT molecular complexity index is 1010. The number of aliphatic hydroxyl groups excluding tert-OH is 1. The molecule has 4 nitrogen and oxygen atoms in total. The van der Waals surface area contributed by atoms with Crippen molar-refractivity contribution in [2.24, 2.45) is 0 Å². The summed E-state index contributed by atoms with van der Waals surface area (Å²) in [6.45, 7) is 1.63. The Balaban J connectivity index is 1.60. The number of hydrogen-bond acceptors (Lipinski definition) is 3. The molecule has 2 N–H and O–H groups in total. The van der Waals surface area contributed by atoms with Gasteiger partial charge in [-0.2, -0.15) is 0 Å². The van der Waals surface area contributed by atoms with E-state index in [0.29, 0.717) is 6.04 Å². The molecular weight excluding hydrogens is 353 g/mol. The van der Waals surface area contributed by atoms with Gasteiger partial charge in [0.05, 0.1) is 11.8 Å². The van der Waals surface area contributed by atoms with Gasteiger partial charge in [-0.1, -0.05) is 6.08 Å². The lowest BCUT2D eigenvalue weighted by Gasteiger charge is -2.29. The van der Waals surface area contributed by atoms with Gasteiger partial charge in [0.15, 0.2) is 0 Å². The van der Waals surface area contributed by atoms with E-state index in [0.717, 1.165) is 48.3 Å². The molecule has 2 aliphatic rings. The molecule has 28 heavy (non-hydrogen) atoms. The van der Waals surface area contributed by atoms with Crippen molar-refractivity contribution in [2.75, 3.05) is 13.1 Å². The number of aromatic nitrogens is 2. The molecule has 0 unspecified atom stereocenters. The Morgan fingerprint density at radius 2 is 1.86 bits per heavy atom. The second-order valence-electron chi connectivity index (χ2n) is 7.63. The highest BCUT2D eigenvalue weighted by molar-refractivity contribution is 5.91. The summed E-state index contributed by atoms with van der Waals surface area (Å²) in [4.78, 5) is 9.94. The summed E-state index contributed by atoms with van der Waals surface area (Å²) >= 11 is 0. The Morgan fingerprint density at radius 1 is 1.07 bits per heavy atom. The van der Waals surface area contributed by atoms with Crippen LogP contribution >= 0.6 is 0 Å². The molecule has 1 aromatic carbocycles. The molecule has 1 fully saturated rings. The third-order valence-electron chi connectivity index (χ3n) is 5.86. The van der Waals surface area contributed by atoms with E-state index in [9.17, 15) is 9.50 Å². The van der Waals surface area contributed by atoms with Gasteiger partial charge >= 0.3 is 0 Å². The van der Waals surface area contributed by atoms with Crippen molar-refractivity contribution in [1.82, 2.24) is 14.9 Å². The Hall–Kier alpha value is -2.76. The average molecular weight is 375 g/mol. The van der Waals surface area contributed by atoms with Gasteiger partial charge < -0.3 is 10.1 Å². The SMILES string of the molecule is O[C@@H]1C[C@@H]2CC(c3c[nH]c(-c4ccc(F)cc4)c3-c3ccncc3)=CCN2C1. The van der Waals surface area contributed by atoms with Crippen molar-refractivity contribution in [2.45, 2.75) is 25.0 Å². The molecule has 5 rings (SSSR count). The van der Waals surface area contributed by atoms with E-state index in [1.807, 2.05) is 12.1 Å². The lowest BCUT2D eigenvalue weighted by molar-refractivity contribution is 0.179. The van der Waals surface area contributed by atoms with Crippen molar-refractivity contribution >= 4 is 5.57 Å². The molecule has 1 saturated heterocycles. The molecule has 2 aromatic heterocycles. The van der Waals surface area contributed by atoms with Crippen LogP contribution in [0.4, 0.5) is 4.39 Å². The molecular formula is C23H22FN3O. The van der Waals surface area contributed by atoms with Crippen LogP contribution in [-0.4, -0.2) is 45.2 Å². The molecule has 0 radical (unpaired) electrons. The maximum atomic E-state index is 13.4. The molecule has 4 heterocycles. The summed E-state index contributed by atoms with van der Waals surface area (Å²) in [6.07, 6.45) is 9.46. The summed E-state index contributed by atoms with van der Waals surface area (Å²) in [6, 6.07) is 11.0. The van der Waals surface area contributed by atoms with Gasteiger partial charge in [-0.25, -0.2) is 4.39 Å². The minimum atomic E-state index is -0.240. The standard InChI is InChI=1S/C23H22FN3O/c24-18-3-1-16(2-4-18)23-22(15-5-8-25-9-6-15)21(13-26-23)17-7-10-27-14-20(28)12-19(27)11-17/h1-9,13,19-20,26,28H,10-12,14H2/t19-,20+/m0/s1. The largest absolute Gasteiger partial charge is 0.392 e. The first-order valence-corrected chi connectivity index (χ1v) is 9.68. The second kappa shape index (κ2) is 7.00. The predicted molar refractivity (Wildman–Crippen MR) is 108 cm³/mol. The smallest absolute Gasteiger partial charge is 0.123 e. The van der Waals surface area contributed by atoms with Crippen molar-refractivity contribution in [3.63, 3.8) is 0 Å². The Morgan fingerprint density at radius 3 is 2.64 bits per heavy atom. The summed E-state index contributed by atoms with van der Waals surface area (Å²) in [5.41, 5.74) is 6.61. The van der Waals surface area contributed by atoms with Crippen LogP contribution in [0.2, 0.25) is 0 Å². The van der Waals surface area contributed by atoms with Crippen molar-refractivity contribution < 1.29 is 9.50 Å². The first-order valence-electron chi connectivity index (χ1n) is 9.68. The lowest BCUT2D eigenvalue weighted by Crippen LogP contribution is -2.33. The third kappa shape index (κ3) is 3.07. The number of aromatic amines is 1. The summed E-state index contributed by atoms with van der Waals surface area (Å²) in [5, 5.41) is 10.0. The van der Waals surface area contributed by atoms with Gasteiger partial charge in [0.2, 0.25) is 0 Å². The molecule has 0 bridgehead atoms. The highest BCUT2D eigenvalue weighted by atomic mass is 19.1. The highest BCUT2D eigenvalue weighted by Crippen LogP contribution is 2.41. The van der Waals surface area contributed by atoms with Gasteiger partial charge in [0.1, 0.15) is 5.82 Å². The molecule has 3 aromatic rings. The fraction of sp³-hybridized carbons (Fsp3) is 0.261. The molecule has 2 aliphatic heterocycles. The number of halogens is 1. The number of nitrogens with zero attached hydrogens (tertiary/aromatic N) is 2. The Kier molecular flexibility index (Phi) is 4.34. The van der Waals surface area contributed by atoms with Crippen LogP contribution in [0.5, 0.6) is 0 Å². The zero-order chi connectivity index (χ0) is 19.1. The lowest BCUT2D eigenvalue weighted by atomic mass is 9.89. The van der Waals surface area contributed by atoms with Gasteiger partial charge in [-0.05, 0) is 65.9 Å². The minimum Gasteiger partial charge on any atom is -0.392 e. The monoisotopic (exact) mass is 375 g/mol. The van der Waals surface area contributed by atoms with Gasteiger partial charge in [-0.15, -0.1) is 0 Å². The topological polar surface area (TPSA) is 52.1 Å². The molecule has 142 valence electrons. The van der Waals surface area contributed by atoms with E-state index in [-0.39, 0.29) is 11.9 Å². The highest BCUT2D eigenvalue weighted by Gasteiger charge is 2.34. The Labute approximate surface area is 163 Å². The van der Waals surface area contributed by atoms with Gasteiger partial charge in [0, 0.05) is 48.8 Å². The van der Waals surface area contributed by atoms with Crippen LogP contribution in [0.3, 0.4) is 0 Å². The van der Waals surface area contributed by atoms with Crippen LogP contribution in [0.1, 0.15) is 18.4 Å². The first-order chi connectivity index (χ1) is 13.7. The van der Waals surface area contributed by atoms with E-state index >= 15 is 0 Å². The maximum absolute atomic E-state index is 13.4. The zero-order valence-corrected chi connectivity index (χ0v) is 15.5. The minimum absolute atomic E-state index is 0.224. The van der Waals surface area contributed by atoms with Gasteiger partial charge in [-0.3, -0.25) is 9.88 Å². The number of fused-ring (bicyclic) bond motifs is 1. The number of hydrogen-bond donors (Lipinski definition) is 2. The average Bonchev–Trinajstić information content (AvgIpc) is 3.31. The fourth-order valence-electron chi connectivity index (χ4n) is 4.52. The van der Waals surface area contributed by atoms with E-state index in [1.165, 1.54) is 23.3 Å². The van der Waals surface area contributed by atoms with E-state index in [2.05, 4.69) is 27.1 Å². The molecule has 2 atom stereocenters. The van der Waals surface area contributed by atoms with Crippen LogP contribution in [0.15, 0.2) is 61.1 Å². The summed E-state index contributed by atoms with van der Waals surface area (Å²) in [5.74, 6) is -0.240. The van der Waals surface area contributed by atoms with Crippen LogP contribution in [-0.2, 0) is 0 Å². The number of benzene rings is 1. The number of aliphatic hydroxyl groups is 1. The molecule has 0 amide bonds. The molecule has 5 heteroatoms. The third-order valence-corrected chi connectivity index (χ3v) is 5.86. The fourth-order valence-corrected chi connectivity index (χ4v) is 4.52. The van der Waals surface area contributed by atoms with Gasteiger partial charge in [0.25, 0.3) is 0 Å². The summed E-state index contributed by atoms with van der Waals surface area (Å²) in [7, 11) is 0. The normalized spacial score (nSPS) is 22.1. The number of H-pyrrole nitrogens is 1. The maximum Gasteiger partial charge on any atom is 0.123 e. The van der Waals surface area contributed by atoms with E-state index in [1.54, 1.807) is 24.5 Å². The van der Waals surface area contributed by atoms with Crippen LogP contribution < -0.4 is 0 Å². The number of nitrogens with one attached hydrogen (secondary N) is 1. The predicted octanol–water partition coefficient (Wildman–Crippen LogP) is 4.11. The first kappa shape index (κ1) is 17.3. The molecule has 0 spiro atoms. The number of rotatable bonds is 3. The second-order valence-corrected chi connectivity index (χ2v) is 7.63.